The number of rotatable bonds is 4. The van der Waals surface area contributed by atoms with E-state index in [1.807, 2.05) is 0 Å². The molecule has 1 heterocycles. The molecule has 0 bridgehead atoms. The largest absolute Gasteiger partial charge is 0.493 e. The van der Waals surface area contributed by atoms with Crippen LogP contribution in [0.1, 0.15) is 37.0 Å². The molecule has 5 heteroatoms. The maximum atomic E-state index is 10.8. The highest BCUT2D eigenvalue weighted by molar-refractivity contribution is 6.61. The molecule has 1 N–H and O–H groups in total. The van der Waals surface area contributed by atoms with Crippen LogP contribution in [-0.4, -0.2) is 31.4 Å². The number of hydrogen-bond donors (Lipinski definition) is 1. The van der Waals surface area contributed by atoms with E-state index in [0.717, 1.165) is 18.3 Å². The van der Waals surface area contributed by atoms with Gasteiger partial charge in [-0.15, -0.1) is 0 Å². The van der Waals surface area contributed by atoms with Crippen LogP contribution in [0.2, 0.25) is 0 Å². The normalized spacial score (nSPS) is 18.3. The Morgan fingerprint density at radius 3 is 2.37 bits per heavy atom. The van der Waals surface area contributed by atoms with Crippen molar-refractivity contribution in [1.29, 1.82) is 0 Å². The quantitative estimate of drug-likeness (QED) is 0.842. The van der Waals surface area contributed by atoms with E-state index in [-0.39, 0.29) is 18.1 Å². The van der Waals surface area contributed by atoms with E-state index in [9.17, 15) is 4.79 Å². The Bertz CT molecular complexity index is 435. The maximum absolute atomic E-state index is 10.8. The number of aromatic carboxylic acids is 1. The lowest BCUT2D eigenvalue weighted by Crippen LogP contribution is -2.48. The number of hydrogen-bond acceptors (Lipinski definition) is 3. The first-order chi connectivity index (χ1) is 9.04. The summed E-state index contributed by atoms with van der Waals surface area (Å²) < 4.78 is 11.5. The van der Waals surface area contributed by atoms with Crippen LogP contribution < -0.4 is 5.46 Å². The Hall–Kier alpha value is -1.33. The Labute approximate surface area is 113 Å². The fourth-order valence-electron chi connectivity index (χ4n) is 2.37. The van der Waals surface area contributed by atoms with Crippen LogP contribution >= 0.6 is 0 Å². The van der Waals surface area contributed by atoms with Gasteiger partial charge in [-0.3, -0.25) is 0 Å². The van der Waals surface area contributed by atoms with Gasteiger partial charge in [0.15, 0.2) is 0 Å². The minimum atomic E-state index is -0.924. The van der Waals surface area contributed by atoms with E-state index >= 15 is 0 Å². The van der Waals surface area contributed by atoms with Gasteiger partial charge in [0.2, 0.25) is 0 Å². The van der Waals surface area contributed by atoms with Crippen molar-refractivity contribution in [2.45, 2.75) is 26.7 Å². The lowest BCUT2D eigenvalue weighted by Gasteiger charge is -2.36. The van der Waals surface area contributed by atoms with E-state index in [4.69, 9.17) is 14.4 Å². The SMILES string of the molecule is CCCC1(C)COB(c2ccc(C(=O)O)cc2)OC1. The number of carbonyl (C=O) groups is 1. The van der Waals surface area contributed by atoms with Gasteiger partial charge in [-0.1, -0.05) is 32.4 Å². The first-order valence-corrected chi connectivity index (χ1v) is 6.60. The predicted molar refractivity (Wildman–Crippen MR) is 73.7 cm³/mol. The second-order valence-electron chi connectivity index (χ2n) is 5.44. The van der Waals surface area contributed by atoms with Crippen LogP contribution in [-0.2, 0) is 9.31 Å². The topological polar surface area (TPSA) is 55.8 Å². The minimum Gasteiger partial charge on any atom is -0.478 e. The van der Waals surface area contributed by atoms with Gasteiger partial charge in [-0.2, -0.15) is 0 Å². The van der Waals surface area contributed by atoms with E-state index < -0.39 is 5.97 Å². The Morgan fingerprint density at radius 1 is 1.32 bits per heavy atom. The molecule has 1 aromatic rings. The monoisotopic (exact) mass is 262 g/mol. The second-order valence-corrected chi connectivity index (χ2v) is 5.44. The van der Waals surface area contributed by atoms with E-state index in [1.54, 1.807) is 24.3 Å². The molecule has 0 spiro atoms. The smallest absolute Gasteiger partial charge is 0.478 e. The summed E-state index contributed by atoms with van der Waals surface area (Å²) in [5.41, 5.74) is 1.23. The summed E-state index contributed by atoms with van der Waals surface area (Å²) in [5, 5.41) is 8.85. The molecule has 0 unspecified atom stereocenters. The molecule has 1 aliphatic heterocycles. The van der Waals surface area contributed by atoms with Crippen LogP contribution in [0.3, 0.4) is 0 Å². The lowest BCUT2D eigenvalue weighted by molar-refractivity contribution is 0.0160. The maximum Gasteiger partial charge on any atom is 0.493 e. The lowest BCUT2D eigenvalue weighted by atomic mass is 9.74. The highest BCUT2D eigenvalue weighted by Gasteiger charge is 2.35. The van der Waals surface area contributed by atoms with Crippen molar-refractivity contribution < 1.29 is 19.2 Å². The van der Waals surface area contributed by atoms with Gasteiger partial charge in [0.25, 0.3) is 0 Å². The third kappa shape index (κ3) is 3.36. The van der Waals surface area contributed by atoms with Crippen molar-refractivity contribution >= 4 is 18.6 Å². The van der Waals surface area contributed by atoms with Gasteiger partial charge in [0.1, 0.15) is 0 Å². The highest BCUT2D eigenvalue weighted by atomic mass is 16.6. The van der Waals surface area contributed by atoms with E-state index in [0.29, 0.717) is 13.2 Å². The van der Waals surface area contributed by atoms with Crippen molar-refractivity contribution in [3.05, 3.63) is 29.8 Å². The van der Waals surface area contributed by atoms with Gasteiger partial charge in [0.05, 0.1) is 5.56 Å². The van der Waals surface area contributed by atoms with Crippen molar-refractivity contribution in [1.82, 2.24) is 0 Å². The summed E-state index contributed by atoms with van der Waals surface area (Å²) in [6, 6.07) is 6.64. The molecule has 1 aliphatic rings. The summed E-state index contributed by atoms with van der Waals surface area (Å²) in [5.74, 6) is -0.924. The Kier molecular flexibility index (Phi) is 4.27. The van der Waals surface area contributed by atoms with Crippen LogP contribution in [0.4, 0.5) is 0 Å². The molecule has 0 aromatic heterocycles. The van der Waals surface area contributed by atoms with Crippen LogP contribution in [0.25, 0.3) is 0 Å². The molecule has 0 atom stereocenters. The molecule has 0 saturated carbocycles. The summed E-state index contributed by atoms with van der Waals surface area (Å²) in [6.45, 7) is 5.67. The summed E-state index contributed by atoms with van der Waals surface area (Å²) in [4.78, 5) is 10.8. The zero-order chi connectivity index (χ0) is 13.9. The number of benzene rings is 1. The molecule has 0 aliphatic carbocycles. The molecule has 1 saturated heterocycles. The second kappa shape index (κ2) is 5.76. The van der Waals surface area contributed by atoms with Gasteiger partial charge in [-0.25, -0.2) is 4.79 Å². The Morgan fingerprint density at radius 2 is 1.89 bits per heavy atom. The van der Waals surface area contributed by atoms with Crippen molar-refractivity contribution in [2.75, 3.05) is 13.2 Å². The van der Waals surface area contributed by atoms with Crippen molar-refractivity contribution in [3.8, 4) is 0 Å². The van der Waals surface area contributed by atoms with Crippen molar-refractivity contribution in [2.24, 2.45) is 5.41 Å². The summed E-state index contributed by atoms with van der Waals surface area (Å²) in [7, 11) is -0.382. The number of carboxylic acids is 1. The zero-order valence-electron chi connectivity index (χ0n) is 11.4. The zero-order valence-corrected chi connectivity index (χ0v) is 11.4. The van der Waals surface area contributed by atoms with Crippen LogP contribution in [0.15, 0.2) is 24.3 Å². The Balaban J connectivity index is 1.99. The fraction of sp³-hybridized carbons (Fsp3) is 0.500. The molecule has 0 radical (unpaired) electrons. The average molecular weight is 262 g/mol. The highest BCUT2D eigenvalue weighted by Crippen LogP contribution is 2.28. The third-order valence-corrected chi connectivity index (χ3v) is 3.45. The summed E-state index contributed by atoms with van der Waals surface area (Å²) in [6.07, 6.45) is 2.19. The first kappa shape index (κ1) is 14.1. The minimum absolute atomic E-state index is 0.0895. The molecule has 4 nitrogen and oxygen atoms in total. The van der Waals surface area contributed by atoms with Gasteiger partial charge >= 0.3 is 13.1 Å². The van der Waals surface area contributed by atoms with Crippen LogP contribution in [0, 0.1) is 5.41 Å². The fourth-order valence-corrected chi connectivity index (χ4v) is 2.37. The molecular formula is C14H19BO4. The van der Waals surface area contributed by atoms with Crippen molar-refractivity contribution in [3.63, 3.8) is 0 Å². The average Bonchev–Trinajstić information content (AvgIpc) is 2.40. The third-order valence-electron chi connectivity index (χ3n) is 3.45. The molecule has 1 aromatic carbocycles. The molecule has 19 heavy (non-hydrogen) atoms. The number of carboxylic acid groups (broad SMARTS) is 1. The molecule has 1 fully saturated rings. The molecular weight excluding hydrogens is 243 g/mol. The molecule has 102 valence electrons. The van der Waals surface area contributed by atoms with Gasteiger partial charge in [0, 0.05) is 18.6 Å². The van der Waals surface area contributed by atoms with Gasteiger partial charge < -0.3 is 14.4 Å². The van der Waals surface area contributed by atoms with Crippen LogP contribution in [0.5, 0.6) is 0 Å². The van der Waals surface area contributed by atoms with Gasteiger partial charge in [-0.05, 0) is 24.0 Å². The van der Waals surface area contributed by atoms with E-state index in [2.05, 4.69) is 13.8 Å². The van der Waals surface area contributed by atoms with E-state index in [1.165, 1.54) is 0 Å². The standard InChI is InChI=1S/C14H19BO4/c1-3-8-14(2)9-18-15(19-10-14)12-6-4-11(5-7-12)13(16)17/h4-7H,3,8-10H2,1-2H3,(H,16,17). The molecule has 0 amide bonds. The predicted octanol–water partition coefficient (Wildman–Crippen LogP) is 1.93. The first-order valence-electron chi connectivity index (χ1n) is 6.60. The molecule has 2 rings (SSSR count). The summed E-state index contributed by atoms with van der Waals surface area (Å²) >= 11 is 0.